The molecule has 2 aromatic carbocycles. The van der Waals surface area contributed by atoms with Crippen LogP contribution in [0, 0.1) is 10.1 Å². The molecule has 3 rings (SSSR count). The Labute approximate surface area is 174 Å². The fraction of sp³-hybridized carbons (Fsp3) is 0. The van der Waals surface area contributed by atoms with Crippen LogP contribution in [0.5, 0.6) is 0 Å². The van der Waals surface area contributed by atoms with Crippen LogP contribution in [0.3, 0.4) is 0 Å². The molecule has 29 heavy (non-hydrogen) atoms. The van der Waals surface area contributed by atoms with Crippen molar-refractivity contribution >= 4 is 46.6 Å². The summed E-state index contributed by atoms with van der Waals surface area (Å²) in [7, 11) is 0. The zero-order valence-corrected chi connectivity index (χ0v) is 16.2. The second-order valence-corrected chi connectivity index (χ2v) is 7.30. The van der Waals surface area contributed by atoms with Crippen LogP contribution in [-0.2, 0) is 4.79 Å². The summed E-state index contributed by atoms with van der Waals surface area (Å²) in [5.41, 5.74) is -0.236. The second kappa shape index (κ2) is 8.68. The van der Waals surface area contributed by atoms with Crippen molar-refractivity contribution in [2.45, 2.75) is 0 Å². The number of amides is 1. The van der Waals surface area contributed by atoms with Crippen molar-refractivity contribution < 1.29 is 19.6 Å². The van der Waals surface area contributed by atoms with Gasteiger partial charge in [-0.15, -0.1) is 11.3 Å². The van der Waals surface area contributed by atoms with Crippen molar-refractivity contribution in [2.24, 2.45) is 0 Å². The molecular weight excluding hydrogens is 416 g/mol. The molecule has 1 amide bonds. The summed E-state index contributed by atoms with van der Waals surface area (Å²) in [5.74, 6) is -2.25. The molecule has 1 aromatic heterocycles. The summed E-state index contributed by atoms with van der Waals surface area (Å²) in [6.45, 7) is 0. The van der Waals surface area contributed by atoms with Gasteiger partial charge in [0.2, 0.25) is 0 Å². The van der Waals surface area contributed by atoms with E-state index < -0.39 is 28.2 Å². The van der Waals surface area contributed by atoms with E-state index in [9.17, 15) is 24.8 Å². The fourth-order valence-electron chi connectivity index (χ4n) is 2.54. The standard InChI is InChI=1S/C20H13ClN2O5S/c21-15-7-3-1-5-13(15)18-10-9-12(29-18)11-16(20(25)26)22-19(24)14-6-2-4-8-17(14)23(27)28/h1-11H,(H,22,24)(H,25,26)/b16-11-. The van der Waals surface area contributed by atoms with Crippen LogP contribution in [0.25, 0.3) is 16.5 Å². The number of thiophene rings is 1. The number of halogens is 1. The molecule has 1 heterocycles. The van der Waals surface area contributed by atoms with Gasteiger partial charge in [-0.05, 0) is 30.3 Å². The smallest absolute Gasteiger partial charge is 0.352 e. The van der Waals surface area contributed by atoms with E-state index in [1.807, 2.05) is 12.1 Å². The minimum absolute atomic E-state index is 0.229. The van der Waals surface area contributed by atoms with Crippen LogP contribution in [0.2, 0.25) is 5.02 Å². The molecule has 7 nitrogen and oxygen atoms in total. The third kappa shape index (κ3) is 4.68. The Bertz CT molecular complexity index is 1140. The lowest BCUT2D eigenvalue weighted by Crippen LogP contribution is -2.27. The monoisotopic (exact) mass is 428 g/mol. The van der Waals surface area contributed by atoms with Gasteiger partial charge in [-0.25, -0.2) is 4.79 Å². The van der Waals surface area contributed by atoms with E-state index in [0.717, 1.165) is 10.4 Å². The van der Waals surface area contributed by atoms with Gasteiger partial charge in [0.1, 0.15) is 11.3 Å². The summed E-state index contributed by atoms with van der Waals surface area (Å²) >= 11 is 7.48. The molecule has 0 atom stereocenters. The normalized spacial score (nSPS) is 11.1. The number of aliphatic carboxylic acids is 1. The maximum Gasteiger partial charge on any atom is 0.352 e. The number of para-hydroxylation sites is 1. The summed E-state index contributed by atoms with van der Waals surface area (Å²) < 4.78 is 0. The number of carboxylic acid groups (broad SMARTS) is 1. The van der Waals surface area contributed by atoms with Gasteiger partial charge in [-0.3, -0.25) is 14.9 Å². The Morgan fingerprint density at radius 3 is 2.45 bits per heavy atom. The van der Waals surface area contributed by atoms with Gasteiger partial charge in [0.15, 0.2) is 0 Å². The molecule has 0 spiro atoms. The van der Waals surface area contributed by atoms with Crippen LogP contribution in [0.4, 0.5) is 5.69 Å². The zero-order valence-electron chi connectivity index (χ0n) is 14.7. The predicted molar refractivity (Wildman–Crippen MR) is 111 cm³/mol. The van der Waals surface area contributed by atoms with Crippen molar-refractivity contribution in [3.05, 3.63) is 91.9 Å². The second-order valence-electron chi connectivity index (χ2n) is 5.77. The zero-order chi connectivity index (χ0) is 21.0. The summed E-state index contributed by atoms with van der Waals surface area (Å²) in [6, 6.07) is 16.0. The number of benzene rings is 2. The first kappa shape index (κ1) is 20.2. The number of carboxylic acids is 1. The largest absolute Gasteiger partial charge is 0.477 e. The predicted octanol–water partition coefficient (Wildman–Crippen LogP) is 4.83. The van der Waals surface area contributed by atoms with Crippen molar-refractivity contribution in [1.82, 2.24) is 5.32 Å². The van der Waals surface area contributed by atoms with Gasteiger partial charge in [0.25, 0.3) is 11.6 Å². The van der Waals surface area contributed by atoms with Gasteiger partial charge in [-0.2, -0.15) is 0 Å². The molecule has 0 unspecified atom stereocenters. The lowest BCUT2D eigenvalue weighted by atomic mass is 10.1. The Hall–Kier alpha value is -3.49. The molecule has 0 aliphatic rings. The van der Waals surface area contributed by atoms with E-state index >= 15 is 0 Å². The highest BCUT2D eigenvalue weighted by atomic mass is 35.5. The molecular formula is C20H13ClN2O5S. The maximum absolute atomic E-state index is 12.4. The third-order valence-corrected chi connectivity index (χ3v) is 5.27. The maximum atomic E-state index is 12.4. The third-order valence-electron chi connectivity index (χ3n) is 3.88. The SMILES string of the molecule is O=C(O)/C(=C/c1ccc(-c2ccccc2Cl)s1)NC(=O)c1ccccc1[N+](=O)[O-]. The van der Waals surface area contributed by atoms with Gasteiger partial charge in [0.05, 0.1) is 4.92 Å². The van der Waals surface area contributed by atoms with E-state index in [4.69, 9.17) is 11.6 Å². The molecule has 0 radical (unpaired) electrons. The molecule has 3 aromatic rings. The average molecular weight is 429 g/mol. The minimum atomic E-state index is -1.37. The molecule has 0 aliphatic heterocycles. The van der Waals surface area contributed by atoms with Crippen molar-refractivity contribution in [2.75, 3.05) is 0 Å². The van der Waals surface area contributed by atoms with Crippen LogP contribution in [0.15, 0.2) is 66.4 Å². The Balaban J connectivity index is 1.89. The van der Waals surface area contributed by atoms with E-state index in [1.165, 1.54) is 41.7 Å². The molecule has 146 valence electrons. The molecule has 9 heteroatoms. The fourth-order valence-corrected chi connectivity index (χ4v) is 3.83. The van der Waals surface area contributed by atoms with Crippen LogP contribution < -0.4 is 5.32 Å². The Kier molecular flexibility index (Phi) is 6.06. The van der Waals surface area contributed by atoms with Gasteiger partial charge in [-0.1, -0.05) is 41.9 Å². The van der Waals surface area contributed by atoms with Crippen LogP contribution in [-0.4, -0.2) is 21.9 Å². The van der Waals surface area contributed by atoms with Crippen molar-refractivity contribution in [1.29, 1.82) is 0 Å². The first-order valence-electron chi connectivity index (χ1n) is 8.21. The topological polar surface area (TPSA) is 110 Å². The Morgan fingerprint density at radius 2 is 1.76 bits per heavy atom. The van der Waals surface area contributed by atoms with Gasteiger partial charge < -0.3 is 10.4 Å². The number of nitrogens with one attached hydrogen (secondary N) is 1. The first-order valence-corrected chi connectivity index (χ1v) is 9.41. The highest BCUT2D eigenvalue weighted by molar-refractivity contribution is 7.16. The van der Waals surface area contributed by atoms with E-state index in [0.29, 0.717) is 9.90 Å². The lowest BCUT2D eigenvalue weighted by Gasteiger charge is -2.06. The van der Waals surface area contributed by atoms with Gasteiger partial charge in [0, 0.05) is 26.4 Å². The molecule has 0 fully saturated rings. The van der Waals surface area contributed by atoms with Crippen molar-refractivity contribution in [3.63, 3.8) is 0 Å². The highest BCUT2D eigenvalue weighted by Gasteiger charge is 2.21. The number of rotatable bonds is 6. The number of hydrogen-bond acceptors (Lipinski definition) is 5. The molecule has 0 saturated heterocycles. The van der Waals surface area contributed by atoms with E-state index in [-0.39, 0.29) is 5.56 Å². The number of carbonyl (C=O) groups excluding carboxylic acids is 1. The lowest BCUT2D eigenvalue weighted by molar-refractivity contribution is -0.385. The summed E-state index contributed by atoms with van der Waals surface area (Å²) in [4.78, 5) is 35.8. The molecule has 0 aliphatic carbocycles. The number of nitrogens with zero attached hydrogens (tertiary/aromatic N) is 1. The summed E-state index contributed by atoms with van der Waals surface area (Å²) in [5, 5.41) is 23.3. The number of nitro groups is 1. The first-order chi connectivity index (χ1) is 13.9. The van der Waals surface area contributed by atoms with Crippen molar-refractivity contribution in [3.8, 4) is 10.4 Å². The van der Waals surface area contributed by atoms with E-state index in [2.05, 4.69) is 5.32 Å². The number of carbonyl (C=O) groups is 2. The Morgan fingerprint density at radius 1 is 1.07 bits per heavy atom. The van der Waals surface area contributed by atoms with Crippen LogP contribution in [0.1, 0.15) is 15.2 Å². The molecule has 0 bridgehead atoms. The quantitative estimate of drug-likeness (QED) is 0.332. The number of nitro benzene ring substituents is 1. The summed E-state index contributed by atoms with van der Waals surface area (Å²) in [6.07, 6.45) is 1.29. The average Bonchev–Trinajstić information content (AvgIpc) is 3.16. The molecule has 0 saturated carbocycles. The van der Waals surface area contributed by atoms with Gasteiger partial charge >= 0.3 is 5.97 Å². The highest BCUT2D eigenvalue weighted by Crippen LogP contribution is 2.33. The molecule has 2 N–H and O–H groups in total. The number of hydrogen-bond donors (Lipinski definition) is 2. The van der Waals surface area contributed by atoms with E-state index in [1.54, 1.807) is 24.3 Å². The van der Waals surface area contributed by atoms with Crippen LogP contribution >= 0.6 is 22.9 Å². The minimum Gasteiger partial charge on any atom is -0.477 e.